The number of nitrogens with zero attached hydrogens (tertiary/aromatic N) is 1. The normalized spacial score (nSPS) is 24.1. The molecule has 212 valence electrons. The second-order valence-corrected chi connectivity index (χ2v) is 11.9. The van der Waals surface area contributed by atoms with Crippen LogP contribution in [-0.4, -0.2) is 28.5 Å². The summed E-state index contributed by atoms with van der Waals surface area (Å²) in [5.74, 6) is -0.411. The zero-order chi connectivity index (χ0) is 28.4. The Morgan fingerprint density at radius 1 is 1.00 bits per heavy atom. The van der Waals surface area contributed by atoms with Crippen LogP contribution in [0.5, 0.6) is 0 Å². The molecule has 5 rings (SSSR count). The van der Waals surface area contributed by atoms with Gasteiger partial charge in [-0.1, -0.05) is 55.3 Å². The molecule has 3 N–H and O–H groups in total. The molecule has 0 spiro atoms. The predicted molar refractivity (Wildman–Crippen MR) is 160 cm³/mol. The van der Waals surface area contributed by atoms with Crippen LogP contribution in [0.1, 0.15) is 73.6 Å². The van der Waals surface area contributed by atoms with Crippen molar-refractivity contribution in [1.29, 1.82) is 0 Å². The van der Waals surface area contributed by atoms with Crippen LogP contribution in [0.25, 0.3) is 0 Å². The number of aliphatic hydroxyl groups excluding tert-OH is 1. The van der Waals surface area contributed by atoms with Crippen molar-refractivity contribution in [2.75, 3.05) is 17.2 Å². The van der Waals surface area contributed by atoms with Crippen LogP contribution in [0.3, 0.4) is 0 Å². The Kier molecular flexibility index (Phi) is 8.79. The first-order valence-electron chi connectivity index (χ1n) is 14.3. The zero-order valence-corrected chi connectivity index (χ0v) is 24.2. The van der Waals surface area contributed by atoms with Crippen molar-refractivity contribution in [3.63, 3.8) is 0 Å². The summed E-state index contributed by atoms with van der Waals surface area (Å²) >= 11 is 6.32. The second kappa shape index (κ2) is 12.3. The molecule has 1 saturated heterocycles. The van der Waals surface area contributed by atoms with Gasteiger partial charge >= 0.3 is 0 Å². The highest BCUT2D eigenvalue weighted by Gasteiger charge is 2.41. The van der Waals surface area contributed by atoms with E-state index in [1.54, 1.807) is 25.1 Å². The summed E-state index contributed by atoms with van der Waals surface area (Å²) in [4.78, 5) is 15.6. The summed E-state index contributed by atoms with van der Waals surface area (Å²) in [6.45, 7) is 6.55. The number of aryl methyl sites for hydroxylation is 2. The number of carbonyl (C=O) groups excluding carboxylic acids is 1. The number of rotatable bonds is 7. The number of anilines is 2. The number of amides is 1. The number of carbonyl (C=O) groups is 1. The maximum absolute atomic E-state index is 15.0. The average molecular weight is 564 g/mol. The molecule has 1 amide bonds. The van der Waals surface area contributed by atoms with E-state index in [1.807, 2.05) is 36.1 Å². The monoisotopic (exact) mass is 563 g/mol. The Morgan fingerprint density at radius 2 is 1.75 bits per heavy atom. The molecule has 2 aliphatic rings. The summed E-state index contributed by atoms with van der Waals surface area (Å²) in [6, 6.07) is 18.5. The van der Waals surface area contributed by atoms with Crippen molar-refractivity contribution in [2.24, 2.45) is 11.8 Å². The number of hydrogen-bond donors (Lipinski definition) is 3. The van der Waals surface area contributed by atoms with Crippen molar-refractivity contribution < 1.29 is 14.3 Å². The Labute approximate surface area is 241 Å². The third kappa shape index (κ3) is 6.04. The van der Waals surface area contributed by atoms with E-state index in [-0.39, 0.29) is 11.5 Å². The topological polar surface area (TPSA) is 64.6 Å². The Morgan fingerprint density at radius 3 is 2.42 bits per heavy atom. The van der Waals surface area contributed by atoms with Gasteiger partial charge in [-0.25, -0.2) is 4.39 Å². The first-order chi connectivity index (χ1) is 19.2. The molecule has 40 heavy (non-hydrogen) atoms. The minimum Gasteiger partial charge on any atom is -0.382 e. The lowest BCUT2D eigenvalue weighted by Gasteiger charge is -2.43. The molecule has 5 nitrogen and oxygen atoms in total. The smallest absolute Gasteiger partial charge is 0.229 e. The van der Waals surface area contributed by atoms with Gasteiger partial charge in [0.2, 0.25) is 5.91 Å². The van der Waals surface area contributed by atoms with Crippen molar-refractivity contribution in [2.45, 2.75) is 71.2 Å². The predicted octanol–water partition coefficient (Wildman–Crippen LogP) is 7.78. The second-order valence-electron chi connectivity index (χ2n) is 11.5. The Balaban J connectivity index is 1.47. The van der Waals surface area contributed by atoms with Gasteiger partial charge in [-0.05, 0) is 92.5 Å². The number of benzene rings is 3. The molecular weight excluding hydrogens is 525 g/mol. The maximum Gasteiger partial charge on any atom is 0.229 e. The average Bonchev–Trinajstić information content (AvgIpc) is 3.34. The van der Waals surface area contributed by atoms with Gasteiger partial charge in [-0.2, -0.15) is 0 Å². The third-order valence-electron chi connectivity index (χ3n) is 8.76. The van der Waals surface area contributed by atoms with Crippen LogP contribution >= 0.6 is 11.6 Å². The molecule has 7 heteroatoms. The van der Waals surface area contributed by atoms with Crippen molar-refractivity contribution >= 4 is 28.9 Å². The molecule has 5 atom stereocenters. The molecule has 0 aromatic heterocycles. The minimum atomic E-state index is -1.19. The van der Waals surface area contributed by atoms with Crippen LogP contribution in [-0.2, 0) is 4.79 Å². The van der Waals surface area contributed by atoms with E-state index in [4.69, 9.17) is 11.6 Å². The van der Waals surface area contributed by atoms with Crippen molar-refractivity contribution in [3.05, 3.63) is 93.8 Å². The van der Waals surface area contributed by atoms with Gasteiger partial charge in [0.25, 0.3) is 0 Å². The highest BCUT2D eigenvalue weighted by Crippen LogP contribution is 2.42. The van der Waals surface area contributed by atoms with E-state index < -0.39 is 24.0 Å². The van der Waals surface area contributed by atoms with Crippen LogP contribution < -0.4 is 10.6 Å². The molecule has 1 saturated carbocycles. The van der Waals surface area contributed by atoms with Crippen LogP contribution in [0.15, 0.2) is 60.7 Å². The largest absolute Gasteiger partial charge is 0.382 e. The Hall–Kier alpha value is -2.93. The van der Waals surface area contributed by atoms with Crippen LogP contribution in [0.2, 0.25) is 5.02 Å². The van der Waals surface area contributed by atoms with E-state index in [0.717, 1.165) is 16.8 Å². The summed E-state index contributed by atoms with van der Waals surface area (Å²) in [5.41, 5.74) is 4.47. The first kappa shape index (κ1) is 28.6. The molecule has 3 aromatic carbocycles. The van der Waals surface area contributed by atoms with Gasteiger partial charge in [0.1, 0.15) is 12.0 Å². The molecule has 1 heterocycles. The number of aliphatic hydroxyl groups is 1. The van der Waals surface area contributed by atoms with Gasteiger partial charge in [0, 0.05) is 40.6 Å². The van der Waals surface area contributed by atoms with Gasteiger partial charge in [-0.15, -0.1) is 0 Å². The summed E-state index contributed by atoms with van der Waals surface area (Å²) in [5, 5.41) is 18.9. The summed E-state index contributed by atoms with van der Waals surface area (Å²) < 4.78 is 15.0. The molecule has 3 aromatic rings. The number of piperidine rings is 1. The number of likely N-dealkylation sites (tertiary alicyclic amines) is 1. The molecule has 2 fully saturated rings. The maximum atomic E-state index is 15.0. The molecular formula is C33H39ClFN3O2. The molecule has 1 aliphatic carbocycles. The lowest BCUT2D eigenvalue weighted by atomic mass is 9.83. The van der Waals surface area contributed by atoms with E-state index in [9.17, 15) is 14.3 Å². The van der Waals surface area contributed by atoms with E-state index in [0.29, 0.717) is 47.6 Å². The van der Waals surface area contributed by atoms with E-state index in [1.165, 1.54) is 25.3 Å². The highest BCUT2D eigenvalue weighted by molar-refractivity contribution is 6.31. The lowest BCUT2D eigenvalue weighted by Crippen LogP contribution is -2.45. The fourth-order valence-corrected chi connectivity index (χ4v) is 6.57. The van der Waals surface area contributed by atoms with E-state index >= 15 is 0 Å². The van der Waals surface area contributed by atoms with Crippen molar-refractivity contribution in [3.8, 4) is 0 Å². The van der Waals surface area contributed by atoms with E-state index in [2.05, 4.69) is 29.7 Å². The summed E-state index contributed by atoms with van der Waals surface area (Å²) in [7, 11) is 0. The van der Waals surface area contributed by atoms with Crippen LogP contribution in [0, 0.1) is 31.5 Å². The summed E-state index contributed by atoms with van der Waals surface area (Å²) in [6.07, 6.45) is 3.81. The fraction of sp³-hybridized carbons (Fsp3) is 0.424. The Bertz CT molecular complexity index is 1330. The van der Waals surface area contributed by atoms with Gasteiger partial charge in [-0.3, -0.25) is 9.69 Å². The fourth-order valence-electron chi connectivity index (χ4n) is 6.39. The quantitative estimate of drug-likeness (QED) is 0.275. The number of hydrogen-bond acceptors (Lipinski definition) is 4. The van der Waals surface area contributed by atoms with Crippen molar-refractivity contribution in [1.82, 2.24) is 4.90 Å². The number of nitrogens with one attached hydrogen (secondary N) is 2. The van der Waals surface area contributed by atoms with Crippen LogP contribution in [0.4, 0.5) is 15.8 Å². The standard InChI is InChI=1S/C33H39ClFN3O2/c1-20-12-15-25(19-27(20)34)37-32(39)26-9-6-18-38(33(40)30-22(3)8-4-10-28(30)35)31(26)23-13-16-24(17-14-23)36-29-11-5-7-21(29)2/h4,8,10,12-17,19,21,26,29,31,33,36,40H,5-7,9,11,18H2,1-3H3,(H,37,39)/t21?,26-,29?,31-,33?/m0/s1. The molecule has 0 bridgehead atoms. The number of halogens is 2. The van der Waals surface area contributed by atoms with Gasteiger partial charge in [0.15, 0.2) is 0 Å². The molecule has 0 radical (unpaired) electrons. The minimum absolute atomic E-state index is 0.144. The third-order valence-corrected chi connectivity index (χ3v) is 9.16. The van der Waals surface area contributed by atoms with Gasteiger partial charge < -0.3 is 15.7 Å². The lowest BCUT2D eigenvalue weighted by molar-refractivity contribution is -0.128. The SMILES string of the molecule is Cc1ccc(NC(=O)[C@H]2CCCN(C(O)c3c(C)cccc3F)[C@H]2c2ccc(NC3CCCC3C)cc2)cc1Cl. The molecule has 3 unspecified atom stereocenters. The zero-order valence-electron chi connectivity index (χ0n) is 23.5. The first-order valence-corrected chi connectivity index (χ1v) is 14.7. The molecule has 1 aliphatic heterocycles. The van der Waals surface area contributed by atoms with Gasteiger partial charge in [0.05, 0.1) is 5.92 Å². The highest BCUT2D eigenvalue weighted by atomic mass is 35.5.